The lowest BCUT2D eigenvalue weighted by atomic mass is 9.75. The van der Waals surface area contributed by atoms with Crippen LogP contribution >= 0.6 is 0 Å². The van der Waals surface area contributed by atoms with Crippen molar-refractivity contribution in [1.29, 1.82) is 0 Å². The number of rotatable bonds is 4. The second-order valence-electron chi connectivity index (χ2n) is 5.70. The second kappa shape index (κ2) is 6.11. The van der Waals surface area contributed by atoms with Gasteiger partial charge in [-0.2, -0.15) is 0 Å². The molecule has 1 aliphatic carbocycles. The van der Waals surface area contributed by atoms with Crippen LogP contribution in [0, 0.1) is 0 Å². The summed E-state index contributed by atoms with van der Waals surface area (Å²) in [4.78, 5) is 29.4. The molecule has 6 nitrogen and oxygen atoms in total. The molecule has 0 radical (unpaired) electrons. The Morgan fingerprint density at radius 1 is 1.38 bits per heavy atom. The van der Waals surface area contributed by atoms with Crippen LogP contribution in [0.15, 0.2) is 18.3 Å². The van der Waals surface area contributed by atoms with Crippen molar-refractivity contribution in [3.05, 3.63) is 24.0 Å². The van der Waals surface area contributed by atoms with E-state index in [2.05, 4.69) is 22.5 Å². The molecule has 1 fully saturated rings. The third-order valence-corrected chi connectivity index (χ3v) is 4.01. The molecule has 0 unspecified atom stereocenters. The summed E-state index contributed by atoms with van der Waals surface area (Å²) in [5, 5.41) is 5.81. The number of hydrogen-bond donors (Lipinski definition) is 2. The summed E-state index contributed by atoms with van der Waals surface area (Å²) >= 11 is 0. The largest absolute Gasteiger partial charge is 0.343 e. The van der Waals surface area contributed by atoms with Crippen LogP contribution in [0.2, 0.25) is 0 Å². The van der Waals surface area contributed by atoms with Crippen molar-refractivity contribution in [2.24, 2.45) is 0 Å². The average molecular weight is 290 g/mol. The Morgan fingerprint density at radius 3 is 2.62 bits per heavy atom. The van der Waals surface area contributed by atoms with Gasteiger partial charge >= 0.3 is 6.03 Å². The van der Waals surface area contributed by atoms with Crippen LogP contribution in [-0.4, -0.2) is 41.5 Å². The van der Waals surface area contributed by atoms with Gasteiger partial charge in [0.15, 0.2) is 0 Å². The zero-order valence-electron chi connectivity index (χ0n) is 12.8. The van der Waals surface area contributed by atoms with E-state index in [0.29, 0.717) is 11.4 Å². The van der Waals surface area contributed by atoms with Crippen molar-refractivity contribution >= 4 is 17.6 Å². The highest BCUT2D eigenvalue weighted by atomic mass is 16.2. The maximum Gasteiger partial charge on any atom is 0.319 e. The number of urea groups is 1. The van der Waals surface area contributed by atoms with E-state index in [4.69, 9.17) is 0 Å². The smallest absolute Gasteiger partial charge is 0.319 e. The maximum absolute atomic E-state index is 12.1. The van der Waals surface area contributed by atoms with E-state index in [1.54, 1.807) is 26.2 Å². The summed E-state index contributed by atoms with van der Waals surface area (Å²) in [6, 6.07) is 3.03. The van der Waals surface area contributed by atoms with E-state index in [1.165, 1.54) is 11.1 Å². The normalized spacial score (nSPS) is 15.8. The number of amides is 3. The molecule has 0 bridgehead atoms. The number of carbonyl (C=O) groups excluding carboxylic acids is 2. The molecular formula is C15H22N4O2. The molecule has 0 spiro atoms. The number of hydrogen-bond acceptors (Lipinski definition) is 3. The lowest BCUT2D eigenvalue weighted by molar-refractivity contribution is 0.0822. The van der Waals surface area contributed by atoms with E-state index in [-0.39, 0.29) is 17.5 Å². The lowest BCUT2D eigenvalue weighted by Gasteiger charge is -2.41. The highest BCUT2D eigenvalue weighted by Gasteiger charge is 2.36. The third-order valence-electron chi connectivity index (χ3n) is 4.01. The molecule has 0 atom stereocenters. The Hall–Kier alpha value is -2.11. The fraction of sp³-hybridized carbons (Fsp3) is 0.533. The molecule has 1 aliphatic rings. The molecule has 1 heterocycles. The molecular weight excluding hydrogens is 268 g/mol. The van der Waals surface area contributed by atoms with E-state index in [9.17, 15) is 9.59 Å². The number of aromatic nitrogens is 1. The van der Waals surface area contributed by atoms with Crippen molar-refractivity contribution in [3.63, 3.8) is 0 Å². The van der Waals surface area contributed by atoms with Gasteiger partial charge in [0.25, 0.3) is 5.91 Å². The minimum Gasteiger partial charge on any atom is -0.343 e. The van der Waals surface area contributed by atoms with Crippen molar-refractivity contribution in [2.45, 2.75) is 38.1 Å². The number of carbonyl (C=O) groups is 2. The summed E-state index contributed by atoms with van der Waals surface area (Å²) in [6.07, 6.45) is 5.66. The van der Waals surface area contributed by atoms with Gasteiger partial charge in [0.05, 0.1) is 0 Å². The van der Waals surface area contributed by atoms with Crippen molar-refractivity contribution in [1.82, 2.24) is 15.2 Å². The Morgan fingerprint density at radius 2 is 2.10 bits per heavy atom. The molecule has 21 heavy (non-hydrogen) atoms. The predicted octanol–water partition coefficient (Wildman–Crippen LogP) is 2.24. The Kier molecular flexibility index (Phi) is 4.45. The first kappa shape index (κ1) is 15.3. The number of nitrogens with one attached hydrogen (secondary N) is 2. The Bertz CT molecular complexity index is 533. The van der Waals surface area contributed by atoms with Gasteiger partial charge < -0.3 is 15.5 Å². The van der Waals surface area contributed by atoms with Gasteiger partial charge in [-0.1, -0.05) is 6.92 Å². The minimum atomic E-state index is -0.231. The molecule has 6 heteroatoms. The van der Waals surface area contributed by atoms with Crippen LogP contribution in [0.3, 0.4) is 0 Å². The fourth-order valence-electron chi connectivity index (χ4n) is 2.43. The molecule has 0 saturated heterocycles. The zero-order valence-corrected chi connectivity index (χ0v) is 12.8. The quantitative estimate of drug-likeness (QED) is 0.893. The summed E-state index contributed by atoms with van der Waals surface area (Å²) in [6.45, 7) is 2.08. The van der Waals surface area contributed by atoms with Gasteiger partial charge in [-0.05, 0) is 37.8 Å². The Labute approximate surface area is 124 Å². The van der Waals surface area contributed by atoms with Crippen LogP contribution in [-0.2, 0) is 0 Å². The standard InChI is InChI=1S/C15H22N4O2/c1-4-15(7-5-8-15)18-14(21)17-11-6-9-16-12(10-11)13(20)19(2)3/h6,9-10H,4-5,7-8H2,1-3H3,(H2,16,17,18,21). The van der Waals surface area contributed by atoms with Gasteiger partial charge in [0, 0.05) is 31.5 Å². The first-order valence-electron chi connectivity index (χ1n) is 7.23. The van der Waals surface area contributed by atoms with E-state index in [1.807, 2.05) is 0 Å². The summed E-state index contributed by atoms with van der Waals surface area (Å²) < 4.78 is 0. The topological polar surface area (TPSA) is 74.3 Å². The first-order chi connectivity index (χ1) is 9.96. The molecule has 2 rings (SSSR count). The van der Waals surface area contributed by atoms with Gasteiger partial charge in [-0.25, -0.2) is 4.79 Å². The molecule has 1 aromatic rings. The summed E-state index contributed by atoms with van der Waals surface area (Å²) in [7, 11) is 3.33. The molecule has 3 amide bonds. The van der Waals surface area contributed by atoms with Crippen LogP contribution in [0.4, 0.5) is 10.5 Å². The molecule has 0 aromatic carbocycles. The first-order valence-corrected chi connectivity index (χ1v) is 7.23. The van der Waals surface area contributed by atoms with Crippen LogP contribution in [0.1, 0.15) is 43.1 Å². The maximum atomic E-state index is 12.1. The Balaban J connectivity index is 2.01. The molecule has 2 N–H and O–H groups in total. The van der Waals surface area contributed by atoms with E-state index in [0.717, 1.165) is 25.7 Å². The van der Waals surface area contributed by atoms with Gasteiger partial charge in [0.2, 0.25) is 0 Å². The predicted molar refractivity (Wildman–Crippen MR) is 81.3 cm³/mol. The van der Waals surface area contributed by atoms with Crippen LogP contribution < -0.4 is 10.6 Å². The minimum absolute atomic E-state index is 0.0562. The van der Waals surface area contributed by atoms with Gasteiger partial charge in [-0.15, -0.1) is 0 Å². The van der Waals surface area contributed by atoms with Gasteiger partial charge in [0.1, 0.15) is 5.69 Å². The van der Waals surface area contributed by atoms with Crippen LogP contribution in [0.25, 0.3) is 0 Å². The van der Waals surface area contributed by atoms with E-state index < -0.39 is 0 Å². The highest BCUT2D eigenvalue weighted by molar-refractivity contribution is 5.95. The summed E-state index contributed by atoms with van der Waals surface area (Å²) in [5.74, 6) is -0.192. The van der Waals surface area contributed by atoms with E-state index >= 15 is 0 Å². The van der Waals surface area contributed by atoms with Gasteiger partial charge in [-0.3, -0.25) is 9.78 Å². The second-order valence-corrected chi connectivity index (χ2v) is 5.70. The van der Waals surface area contributed by atoms with Crippen molar-refractivity contribution in [2.75, 3.05) is 19.4 Å². The average Bonchev–Trinajstić information content (AvgIpc) is 2.42. The molecule has 0 aliphatic heterocycles. The molecule has 1 saturated carbocycles. The van der Waals surface area contributed by atoms with Crippen molar-refractivity contribution in [3.8, 4) is 0 Å². The van der Waals surface area contributed by atoms with Crippen molar-refractivity contribution < 1.29 is 9.59 Å². The lowest BCUT2D eigenvalue weighted by Crippen LogP contribution is -2.54. The molecule has 114 valence electrons. The fourth-order valence-corrected chi connectivity index (χ4v) is 2.43. The number of anilines is 1. The molecule has 1 aromatic heterocycles. The number of pyridine rings is 1. The monoisotopic (exact) mass is 290 g/mol. The summed E-state index contributed by atoms with van der Waals surface area (Å²) in [5.41, 5.74) is 0.823. The number of nitrogens with zero attached hydrogens (tertiary/aromatic N) is 2. The third kappa shape index (κ3) is 3.51. The SMILES string of the molecule is CCC1(NC(=O)Nc2ccnc(C(=O)N(C)C)c2)CCC1. The van der Waals surface area contributed by atoms with Crippen LogP contribution in [0.5, 0.6) is 0 Å². The highest BCUT2D eigenvalue weighted by Crippen LogP contribution is 2.34. The zero-order chi connectivity index (χ0) is 15.5.